The molecule has 0 unspecified atom stereocenters. The average molecular weight is 586 g/mol. The number of hydrogen-bond acceptors (Lipinski definition) is 5. The van der Waals surface area contributed by atoms with Crippen LogP contribution in [0.25, 0.3) is 81.8 Å². The number of rotatable bonds is 5. The van der Waals surface area contributed by atoms with E-state index in [2.05, 4.69) is 82.3 Å². The smallest absolute Gasteiger partial charge is 0.124 e. The van der Waals surface area contributed by atoms with Crippen LogP contribution in [0.3, 0.4) is 0 Å². The van der Waals surface area contributed by atoms with E-state index in [0.29, 0.717) is 0 Å². The first kappa shape index (κ1) is 24.8. The van der Waals surface area contributed by atoms with Crippen LogP contribution in [0, 0.1) is 0 Å². The maximum atomic E-state index is 5.56. The van der Waals surface area contributed by atoms with Gasteiger partial charge in [0.1, 0.15) is 5.01 Å². The fraction of sp³-hybridized carbons (Fsp3) is 0. The van der Waals surface area contributed by atoms with E-state index < -0.39 is 0 Å². The first-order chi connectivity index (χ1) is 21.8. The third-order valence-electron chi connectivity index (χ3n) is 8.19. The topological polar surface area (TPSA) is 57.0 Å². The van der Waals surface area contributed by atoms with Crippen LogP contribution in [0.15, 0.2) is 149 Å². The minimum Gasteiger partial charge on any atom is -0.472 e. The van der Waals surface area contributed by atoms with Crippen molar-refractivity contribution in [1.82, 2.24) is 14.5 Å². The van der Waals surface area contributed by atoms with Gasteiger partial charge in [0.25, 0.3) is 0 Å². The van der Waals surface area contributed by atoms with E-state index in [-0.39, 0.29) is 0 Å². The van der Waals surface area contributed by atoms with Gasteiger partial charge in [-0.3, -0.25) is 4.98 Å². The molecule has 5 aromatic heterocycles. The van der Waals surface area contributed by atoms with Crippen molar-refractivity contribution in [1.29, 1.82) is 0 Å². The predicted molar refractivity (Wildman–Crippen MR) is 178 cm³/mol. The lowest BCUT2D eigenvalue weighted by Gasteiger charge is -2.15. The van der Waals surface area contributed by atoms with Crippen molar-refractivity contribution in [3.05, 3.63) is 140 Å². The van der Waals surface area contributed by atoms with Crippen molar-refractivity contribution < 1.29 is 8.83 Å². The molecule has 0 fully saturated rings. The SMILES string of the molecule is c1ccc(-c2ccc(-c3ccoc3)c(-n3c4ccc(-c5ccoc5)cc4c4ccc(-c5nc6ccccc6s5)cc43)c2)nc1. The largest absolute Gasteiger partial charge is 0.472 e. The number of benzene rings is 4. The Morgan fingerprint density at radius 2 is 1.41 bits per heavy atom. The van der Waals surface area contributed by atoms with Gasteiger partial charge in [-0.05, 0) is 66.2 Å². The molecule has 9 aromatic rings. The molecule has 0 amide bonds. The molecule has 6 heteroatoms. The summed E-state index contributed by atoms with van der Waals surface area (Å²) in [4.78, 5) is 9.64. The van der Waals surface area contributed by atoms with Crippen molar-refractivity contribution in [3.8, 4) is 49.8 Å². The fourth-order valence-electron chi connectivity index (χ4n) is 6.09. The lowest BCUT2D eigenvalue weighted by atomic mass is 10.0. The molecule has 0 aliphatic carbocycles. The lowest BCUT2D eigenvalue weighted by molar-refractivity contribution is 0.568. The first-order valence-electron chi connectivity index (χ1n) is 14.4. The zero-order valence-corrected chi connectivity index (χ0v) is 24.2. The van der Waals surface area contributed by atoms with E-state index in [1.165, 1.54) is 4.70 Å². The van der Waals surface area contributed by atoms with Gasteiger partial charge in [-0.15, -0.1) is 11.3 Å². The number of pyridine rings is 1. The quantitative estimate of drug-likeness (QED) is 0.202. The maximum Gasteiger partial charge on any atom is 0.124 e. The molecule has 0 spiro atoms. The number of furan rings is 2. The predicted octanol–water partition coefficient (Wildman–Crippen LogP) is 10.6. The van der Waals surface area contributed by atoms with Crippen molar-refractivity contribution in [2.45, 2.75) is 0 Å². The van der Waals surface area contributed by atoms with Crippen LogP contribution >= 0.6 is 11.3 Å². The molecule has 0 aliphatic rings. The van der Waals surface area contributed by atoms with Gasteiger partial charge in [-0.2, -0.15) is 0 Å². The Bertz CT molecular complexity index is 2400. The lowest BCUT2D eigenvalue weighted by Crippen LogP contribution is -1.98. The number of nitrogens with zero attached hydrogens (tertiary/aromatic N) is 3. The van der Waals surface area contributed by atoms with Gasteiger partial charge in [0.05, 0.1) is 57.7 Å². The summed E-state index contributed by atoms with van der Waals surface area (Å²) in [5, 5.41) is 3.33. The summed E-state index contributed by atoms with van der Waals surface area (Å²) in [5.74, 6) is 0. The van der Waals surface area contributed by atoms with E-state index in [1.54, 1.807) is 36.4 Å². The molecule has 0 atom stereocenters. The third kappa shape index (κ3) is 4.00. The maximum absolute atomic E-state index is 5.56. The zero-order valence-electron chi connectivity index (χ0n) is 23.3. The summed E-state index contributed by atoms with van der Waals surface area (Å²) < 4.78 is 14.5. The van der Waals surface area contributed by atoms with Crippen LogP contribution in [-0.4, -0.2) is 14.5 Å². The van der Waals surface area contributed by atoms with Gasteiger partial charge in [-0.25, -0.2) is 4.98 Å². The van der Waals surface area contributed by atoms with E-state index in [9.17, 15) is 0 Å². The monoisotopic (exact) mass is 585 g/mol. The molecule has 0 radical (unpaired) electrons. The molecule has 44 heavy (non-hydrogen) atoms. The summed E-state index contributed by atoms with van der Waals surface area (Å²) in [6, 6.07) is 38.2. The molecular formula is C38H23N3O2S. The number of aromatic nitrogens is 3. The molecule has 0 N–H and O–H groups in total. The Kier molecular flexibility index (Phi) is 5.61. The summed E-state index contributed by atoms with van der Waals surface area (Å²) in [7, 11) is 0. The van der Waals surface area contributed by atoms with Crippen LogP contribution in [0.1, 0.15) is 0 Å². The highest BCUT2D eigenvalue weighted by atomic mass is 32.1. The van der Waals surface area contributed by atoms with Gasteiger partial charge in [0.2, 0.25) is 0 Å². The van der Waals surface area contributed by atoms with E-state index in [0.717, 1.165) is 77.1 Å². The minimum atomic E-state index is 0.922. The molecule has 0 aliphatic heterocycles. The Hall–Kier alpha value is -5.72. The summed E-state index contributed by atoms with van der Waals surface area (Å²) >= 11 is 1.72. The summed E-state index contributed by atoms with van der Waals surface area (Å²) in [6.45, 7) is 0. The van der Waals surface area contributed by atoms with Gasteiger partial charge < -0.3 is 13.4 Å². The Morgan fingerprint density at radius 3 is 2.23 bits per heavy atom. The first-order valence-corrected chi connectivity index (χ1v) is 15.2. The molecule has 9 rings (SSSR count). The van der Waals surface area contributed by atoms with Gasteiger partial charge >= 0.3 is 0 Å². The van der Waals surface area contributed by atoms with Crippen molar-refractivity contribution in [3.63, 3.8) is 0 Å². The van der Waals surface area contributed by atoms with Crippen LogP contribution < -0.4 is 0 Å². The van der Waals surface area contributed by atoms with E-state index in [4.69, 9.17) is 13.8 Å². The molecule has 0 saturated heterocycles. The number of para-hydroxylation sites is 1. The molecule has 0 saturated carbocycles. The second-order valence-corrected chi connectivity index (χ2v) is 11.8. The molecule has 0 bridgehead atoms. The van der Waals surface area contributed by atoms with Crippen LogP contribution in [0.4, 0.5) is 0 Å². The third-order valence-corrected chi connectivity index (χ3v) is 9.28. The van der Waals surface area contributed by atoms with Crippen molar-refractivity contribution in [2.24, 2.45) is 0 Å². The van der Waals surface area contributed by atoms with Crippen LogP contribution in [0.5, 0.6) is 0 Å². The normalized spacial score (nSPS) is 11.6. The highest BCUT2D eigenvalue weighted by molar-refractivity contribution is 7.21. The second-order valence-electron chi connectivity index (χ2n) is 10.8. The van der Waals surface area contributed by atoms with Crippen molar-refractivity contribution in [2.75, 3.05) is 0 Å². The highest BCUT2D eigenvalue weighted by Gasteiger charge is 2.19. The molecule has 5 nitrogen and oxygen atoms in total. The molecule has 208 valence electrons. The van der Waals surface area contributed by atoms with E-state index in [1.807, 2.05) is 42.6 Å². The zero-order chi connectivity index (χ0) is 29.0. The molecule has 4 aromatic carbocycles. The Balaban J connectivity index is 1.36. The molecular weight excluding hydrogens is 563 g/mol. The number of fused-ring (bicyclic) bond motifs is 4. The summed E-state index contributed by atoms with van der Waals surface area (Å²) in [6.07, 6.45) is 8.87. The highest BCUT2D eigenvalue weighted by Crippen LogP contribution is 2.41. The minimum absolute atomic E-state index is 0.922. The van der Waals surface area contributed by atoms with Gasteiger partial charge in [0, 0.05) is 44.8 Å². The standard InChI is InChI=1S/C38H23N3O2S/c1-2-7-37-33(6-1)40-38(44-37)26-9-12-30-31-19-24(27-14-17-42-22-27)10-13-34(31)41(36(30)21-26)35-20-25(32-5-3-4-16-39-32)8-11-29(35)28-15-18-43-23-28/h1-23H. The van der Waals surface area contributed by atoms with Crippen LogP contribution in [0.2, 0.25) is 0 Å². The summed E-state index contributed by atoms with van der Waals surface area (Å²) in [5.41, 5.74) is 11.6. The second kappa shape index (κ2) is 9.93. The number of hydrogen-bond donors (Lipinski definition) is 0. The molecule has 5 heterocycles. The van der Waals surface area contributed by atoms with Crippen LogP contribution in [-0.2, 0) is 0 Å². The van der Waals surface area contributed by atoms with E-state index >= 15 is 0 Å². The van der Waals surface area contributed by atoms with Gasteiger partial charge in [0.15, 0.2) is 0 Å². The number of thiazole rings is 1. The average Bonchev–Trinajstić information content (AvgIpc) is 3.90. The Labute approximate surface area is 256 Å². The van der Waals surface area contributed by atoms with Crippen molar-refractivity contribution >= 4 is 43.4 Å². The fourth-order valence-corrected chi connectivity index (χ4v) is 7.05. The van der Waals surface area contributed by atoms with Gasteiger partial charge in [-0.1, -0.05) is 48.5 Å². The Morgan fingerprint density at radius 1 is 0.591 bits per heavy atom.